The fourth-order valence-electron chi connectivity index (χ4n) is 3.05. The van der Waals surface area contributed by atoms with Gasteiger partial charge in [-0.25, -0.2) is 13.8 Å². The number of aromatic nitrogens is 2. The van der Waals surface area contributed by atoms with Crippen LogP contribution in [-0.2, 0) is 24.4 Å². The fraction of sp³-hybridized carbons (Fsp3) is 0.421. The van der Waals surface area contributed by atoms with Gasteiger partial charge in [0.2, 0.25) is 0 Å². The Bertz CT molecular complexity index is 1110. The zero-order chi connectivity index (χ0) is 23.0. The summed E-state index contributed by atoms with van der Waals surface area (Å²) in [6, 6.07) is 1.96. The molecular formula is C19H19ClF4N2O3S. The smallest absolute Gasteiger partial charge is 0.299 e. The summed E-state index contributed by atoms with van der Waals surface area (Å²) in [7, 11) is 0.868. The molecular weight excluding hydrogens is 448 g/mol. The number of rotatable bonds is 6. The zero-order valence-corrected chi connectivity index (χ0v) is 18.1. The van der Waals surface area contributed by atoms with Crippen LogP contribution in [0.5, 0.6) is 0 Å². The first-order chi connectivity index (χ1) is 13.8. The molecule has 0 radical (unpaired) electrons. The van der Waals surface area contributed by atoms with E-state index in [2.05, 4.69) is 0 Å². The van der Waals surface area contributed by atoms with Gasteiger partial charge in [-0.3, -0.25) is 14.2 Å². The maximum Gasteiger partial charge on any atom is 0.432 e. The predicted octanol–water partition coefficient (Wildman–Crippen LogP) is 4.37. The zero-order valence-electron chi connectivity index (χ0n) is 16.6. The van der Waals surface area contributed by atoms with Crippen LogP contribution in [0.1, 0.15) is 38.4 Å². The van der Waals surface area contributed by atoms with Crippen molar-refractivity contribution in [2.45, 2.75) is 49.9 Å². The summed E-state index contributed by atoms with van der Waals surface area (Å²) in [6.45, 7) is 4.48. The van der Waals surface area contributed by atoms with Crippen LogP contribution in [0.15, 0.2) is 26.6 Å². The van der Waals surface area contributed by atoms with Gasteiger partial charge in [-0.05, 0) is 31.9 Å². The second kappa shape index (κ2) is 8.97. The van der Waals surface area contributed by atoms with Gasteiger partial charge in [-0.15, -0.1) is 11.8 Å². The molecule has 2 rings (SSSR count). The number of thioether (sulfide) groups is 1. The molecule has 0 saturated heterocycles. The topological polar surface area (TPSA) is 61.1 Å². The number of benzene rings is 1. The summed E-state index contributed by atoms with van der Waals surface area (Å²) in [6.07, 6.45) is -4.81. The molecule has 0 aliphatic heterocycles. The minimum Gasteiger partial charge on any atom is -0.299 e. The Morgan fingerprint density at radius 3 is 2.30 bits per heavy atom. The Labute approximate surface area is 178 Å². The maximum atomic E-state index is 14.7. The number of hydrogen-bond acceptors (Lipinski definition) is 4. The molecule has 30 heavy (non-hydrogen) atoms. The monoisotopic (exact) mass is 466 g/mol. The molecule has 0 fully saturated rings. The van der Waals surface area contributed by atoms with Crippen LogP contribution < -0.4 is 11.2 Å². The summed E-state index contributed by atoms with van der Waals surface area (Å²) in [5, 5.41) is -0.548. The van der Waals surface area contributed by atoms with Gasteiger partial charge >= 0.3 is 11.9 Å². The van der Waals surface area contributed by atoms with E-state index in [4.69, 9.17) is 11.6 Å². The number of Topliss-reactive ketones (excluding diaryl/α,β-unsaturated/α-hetero) is 1. The molecule has 0 aliphatic rings. The first-order valence-electron chi connectivity index (χ1n) is 8.93. The predicted molar refractivity (Wildman–Crippen MR) is 107 cm³/mol. The number of ketones is 1. The van der Waals surface area contributed by atoms with Crippen LogP contribution in [0.3, 0.4) is 0 Å². The largest absolute Gasteiger partial charge is 0.432 e. The highest BCUT2D eigenvalue weighted by molar-refractivity contribution is 8.00. The summed E-state index contributed by atoms with van der Waals surface area (Å²) in [4.78, 5) is 37.3. The van der Waals surface area contributed by atoms with E-state index in [1.807, 2.05) is 0 Å². The van der Waals surface area contributed by atoms with Gasteiger partial charge < -0.3 is 0 Å². The Kier molecular flexibility index (Phi) is 7.24. The van der Waals surface area contributed by atoms with E-state index in [-0.39, 0.29) is 26.7 Å². The minimum absolute atomic E-state index is 0.0477. The van der Waals surface area contributed by atoms with Crippen molar-refractivity contribution in [3.63, 3.8) is 0 Å². The lowest BCUT2D eigenvalue weighted by molar-refractivity contribution is -0.144. The van der Waals surface area contributed by atoms with E-state index in [1.165, 1.54) is 13.8 Å². The third-order valence-electron chi connectivity index (χ3n) is 4.52. The average Bonchev–Trinajstić information content (AvgIpc) is 2.63. The summed E-state index contributed by atoms with van der Waals surface area (Å²) < 4.78 is 55.5. The van der Waals surface area contributed by atoms with Crippen LogP contribution >= 0.6 is 23.4 Å². The molecule has 0 amide bonds. The van der Waals surface area contributed by atoms with Crippen LogP contribution in [0.25, 0.3) is 5.69 Å². The van der Waals surface area contributed by atoms with Gasteiger partial charge in [0.25, 0.3) is 5.56 Å². The van der Waals surface area contributed by atoms with Crippen molar-refractivity contribution in [2.24, 2.45) is 7.05 Å². The van der Waals surface area contributed by atoms with Crippen molar-refractivity contribution in [1.29, 1.82) is 0 Å². The third kappa shape index (κ3) is 4.49. The van der Waals surface area contributed by atoms with Crippen LogP contribution in [0, 0.1) is 5.82 Å². The van der Waals surface area contributed by atoms with E-state index >= 15 is 0 Å². The summed E-state index contributed by atoms with van der Waals surface area (Å²) in [5.41, 5.74) is -5.18. The fourth-order valence-corrected chi connectivity index (χ4v) is 4.32. The summed E-state index contributed by atoms with van der Waals surface area (Å²) in [5.74, 6) is -1.21. The van der Waals surface area contributed by atoms with Crippen LogP contribution in [0.4, 0.5) is 17.6 Å². The Morgan fingerprint density at radius 2 is 1.83 bits per heavy atom. The van der Waals surface area contributed by atoms with Crippen molar-refractivity contribution in [3.8, 4) is 5.69 Å². The van der Waals surface area contributed by atoms with E-state index in [0.29, 0.717) is 11.0 Å². The molecule has 1 aromatic heterocycles. The maximum absolute atomic E-state index is 14.7. The van der Waals surface area contributed by atoms with Crippen molar-refractivity contribution >= 4 is 29.1 Å². The molecule has 11 heteroatoms. The molecule has 0 N–H and O–H groups in total. The van der Waals surface area contributed by atoms with Crippen LogP contribution in [-0.4, -0.2) is 20.2 Å². The molecule has 0 saturated carbocycles. The van der Waals surface area contributed by atoms with Gasteiger partial charge in [-0.1, -0.05) is 25.4 Å². The SMILES string of the molecule is CCc1c(C(F)(F)F)n(C)c(=O)n(-c2cc(SC(CC)C(C)=O)c(Cl)cc2F)c1=O. The Hall–Kier alpha value is -2.07. The molecule has 0 bridgehead atoms. The first-order valence-corrected chi connectivity index (χ1v) is 10.2. The molecule has 164 valence electrons. The quantitative estimate of drug-likeness (QED) is 0.468. The van der Waals surface area contributed by atoms with Crippen LogP contribution in [0.2, 0.25) is 5.02 Å². The second-order valence-corrected chi connectivity index (χ2v) is 8.17. The lowest BCUT2D eigenvalue weighted by Gasteiger charge is -2.19. The van der Waals surface area contributed by atoms with E-state index in [0.717, 1.165) is 30.9 Å². The normalized spacial score (nSPS) is 12.8. The summed E-state index contributed by atoms with van der Waals surface area (Å²) >= 11 is 7.08. The lowest BCUT2D eigenvalue weighted by Crippen LogP contribution is -2.44. The Morgan fingerprint density at radius 1 is 1.23 bits per heavy atom. The molecule has 1 aromatic carbocycles. The third-order valence-corrected chi connectivity index (χ3v) is 6.48. The van der Waals surface area contributed by atoms with E-state index < -0.39 is 45.4 Å². The van der Waals surface area contributed by atoms with Gasteiger partial charge in [-0.2, -0.15) is 13.2 Å². The van der Waals surface area contributed by atoms with Crippen molar-refractivity contribution in [2.75, 3.05) is 0 Å². The highest BCUT2D eigenvalue weighted by Crippen LogP contribution is 2.35. The van der Waals surface area contributed by atoms with Gasteiger partial charge in [0, 0.05) is 17.5 Å². The molecule has 2 aromatic rings. The highest BCUT2D eigenvalue weighted by Gasteiger charge is 2.38. The number of hydrogen-bond donors (Lipinski definition) is 0. The van der Waals surface area contributed by atoms with Crippen molar-refractivity contribution in [1.82, 2.24) is 9.13 Å². The number of nitrogens with zero attached hydrogens (tertiary/aromatic N) is 2. The standard InChI is InChI=1S/C19H19ClF4N2O3S/c1-5-10-16(19(22,23)24)25(4)18(29)26(17(10)28)13-8-15(11(20)7-12(13)21)30-14(6-2)9(3)27/h7-8,14H,5-6H2,1-4H3. The van der Waals surface area contributed by atoms with Crippen molar-refractivity contribution < 1.29 is 22.4 Å². The van der Waals surface area contributed by atoms with Crippen molar-refractivity contribution in [3.05, 3.63) is 55.1 Å². The van der Waals surface area contributed by atoms with E-state index in [1.54, 1.807) is 6.92 Å². The molecule has 1 heterocycles. The Balaban J connectivity index is 2.84. The molecule has 1 unspecified atom stereocenters. The molecule has 0 aliphatic carbocycles. The van der Waals surface area contributed by atoms with E-state index in [9.17, 15) is 31.9 Å². The highest BCUT2D eigenvalue weighted by atomic mass is 35.5. The number of carbonyl (C=O) groups excluding carboxylic acids is 1. The molecule has 1 atom stereocenters. The van der Waals surface area contributed by atoms with Gasteiger partial charge in [0.15, 0.2) is 0 Å². The number of alkyl halides is 3. The minimum atomic E-state index is -4.94. The number of halogens is 5. The first kappa shape index (κ1) is 24.2. The number of carbonyl (C=O) groups is 1. The lowest BCUT2D eigenvalue weighted by atomic mass is 10.1. The van der Waals surface area contributed by atoms with Gasteiger partial charge in [0.1, 0.15) is 17.3 Å². The second-order valence-electron chi connectivity index (χ2n) is 6.52. The molecule has 5 nitrogen and oxygen atoms in total. The van der Waals surface area contributed by atoms with Gasteiger partial charge in [0.05, 0.1) is 16.0 Å². The molecule has 0 spiro atoms. The average molecular weight is 467 g/mol.